The molecule has 2 aliphatic rings. The Hall–Kier alpha value is -2.86. The van der Waals surface area contributed by atoms with E-state index in [-0.39, 0.29) is 12.0 Å². The van der Waals surface area contributed by atoms with Crippen molar-refractivity contribution in [1.82, 2.24) is 25.1 Å². The number of nitrogens with zero attached hydrogens (tertiary/aromatic N) is 5. The van der Waals surface area contributed by atoms with Crippen molar-refractivity contribution in [1.29, 1.82) is 0 Å². The van der Waals surface area contributed by atoms with Gasteiger partial charge in [-0.3, -0.25) is 20.0 Å². The normalized spacial score (nSPS) is 20.3. The molecule has 1 N–H and O–H groups in total. The van der Waals surface area contributed by atoms with Gasteiger partial charge in [-0.1, -0.05) is 16.7 Å². The molecule has 5 heterocycles. The number of amides is 1. The van der Waals surface area contributed by atoms with Crippen LogP contribution in [-0.2, 0) is 4.74 Å². The van der Waals surface area contributed by atoms with Gasteiger partial charge in [-0.25, -0.2) is 4.98 Å². The van der Waals surface area contributed by atoms with Crippen LogP contribution in [0.5, 0.6) is 10.9 Å². The summed E-state index contributed by atoms with van der Waals surface area (Å²) in [7, 11) is 1.54. The molecule has 10 nitrogen and oxygen atoms in total. The highest BCUT2D eigenvalue weighted by Crippen LogP contribution is 2.34. The molecule has 0 saturated carbocycles. The lowest BCUT2D eigenvalue weighted by Crippen LogP contribution is -2.46. The summed E-state index contributed by atoms with van der Waals surface area (Å²) in [5.74, 6) is 0.122. The summed E-state index contributed by atoms with van der Waals surface area (Å²) in [5, 5.41) is 12.1. The molecule has 2 atom stereocenters. The zero-order valence-corrected chi connectivity index (χ0v) is 21.6. The van der Waals surface area contributed by atoms with Crippen molar-refractivity contribution in [3.63, 3.8) is 0 Å². The first kappa shape index (κ1) is 24.8. The standard InChI is InChI=1S/C24H27ClN6O4S/c1-14-8-17(18-9-21(25)27-11-20(18)33-2)19(10-26-14)22(32)28-23-29-30-24(36-23)35-16-4-3-6-31(12-16)15-5-7-34-13-15/h8-11,15-16H,3-7,12-13H2,1-2H3,(H,28,29,32)/t15-,16+/m0/s1. The molecule has 5 rings (SSSR count). The third-order valence-corrected chi connectivity index (χ3v) is 7.29. The average molecular weight is 531 g/mol. The summed E-state index contributed by atoms with van der Waals surface area (Å²) in [6.07, 6.45) is 6.17. The van der Waals surface area contributed by atoms with Gasteiger partial charge in [-0.15, -0.1) is 5.10 Å². The number of rotatable bonds is 7. The molecule has 36 heavy (non-hydrogen) atoms. The number of carbonyl (C=O) groups excluding carboxylic acids is 1. The number of methoxy groups -OCH3 is 1. The monoisotopic (exact) mass is 530 g/mol. The summed E-state index contributed by atoms with van der Waals surface area (Å²) in [6, 6.07) is 3.93. The van der Waals surface area contributed by atoms with E-state index in [2.05, 4.69) is 30.4 Å². The lowest BCUT2D eigenvalue weighted by molar-refractivity contribution is 0.0551. The van der Waals surface area contributed by atoms with Gasteiger partial charge in [-0.2, -0.15) is 0 Å². The smallest absolute Gasteiger partial charge is 0.296 e. The lowest BCUT2D eigenvalue weighted by atomic mass is 10.0. The van der Waals surface area contributed by atoms with Gasteiger partial charge in [0.2, 0.25) is 5.13 Å². The minimum Gasteiger partial charge on any atom is -0.494 e. The van der Waals surface area contributed by atoms with Gasteiger partial charge in [0.15, 0.2) is 0 Å². The van der Waals surface area contributed by atoms with E-state index in [0.717, 1.165) is 51.3 Å². The van der Waals surface area contributed by atoms with Crippen molar-refractivity contribution in [3.05, 3.63) is 40.9 Å². The number of hydrogen-bond acceptors (Lipinski definition) is 10. The number of nitrogens with one attached hydrogen (secondary N) is 1. The largest absolute Gasteiger partial charge is 0.494 e. The summed E-state index contributed by atoms with van der Waals surface area (Å²) in [6.45, 7) is 5.36. The van der Waals surface area contributed by atoms with Crippen LogP contribution in [-0.4, -0.2) is 76.5 Å². The SMILES string of the molecule is COc1cnc(Cl)cc1-c1cc(C)ncc1C(=O)Nc1nnc(O[C@@H]2CCCN([C@H]3CCOC3)C2)s1. The fourth-order valence-electron chi connectivity index (χ4n) is 4.57. The molecule has 1 amide bonds. The van der Waals surface area contributed by atoms with E-state index in [9.17, 15) is 4.79 Å². The van der Waals surface area contributed by atoms with Crippen LogP contribution in [0.25, 0.3) is 11.1 Å². The molecule has 2 saturated heterocycles. The maximum Gasteiger partial charge on any atom is 0.296 e. The predicted octanol–water partition coefficient (Wildman–Crippen LogP) is 3.85. The Morgan fingerprint density at radius 1 is 1.22 bits per heavy atom. The second kappa shape index (κ2) is 11.0. The number of ether oxygens (including phenoxy) is 3. The quantitative estimate of drug-likeness (QED) is 0.455. The Morgan fingerprint density at radius 2 is 2.11 bits per heavy atom. The summed E-state index contributed by atoms with van der Waals surface area (Å²) in [4.78, 5) is 24.0. The second-order valence-electron chi connectivity index (χ2n) is 8.80. The summed E-state index contributed by atoms with van der Waals surface area (Å²) in [5.41, 5.74) is 2.36. The number of aromatic nitrogens is 4. The Morgan fingerprint density at radius 3 is 2.92 bits per heavy atom. The number of likely N-dealkylation sites (tertiary alicyclic amines) is 1. The zero-order chi connectivity index (χ0) is 25.1. The van der Waals surface area contributed by atoms with E-state index < -0.39 is 0 Å². The second-order valence-corrected chi connectivity index (χ2v) is 10.1. The molecular formula is C24H27ClN6O4S. The van der Waals surface area contributed by atoms with Crippen LogP contribution in [0.3, 0.4) is 0 Å². The van der Waals surface area contributed by atoms with E-state index in [1.54, 1.807) is 6.07 Å². The average Bonchev–Trinajstić information content (AvgIpc) is 3.57. The molecule has 3 aromatic heterocycles. The number of piperidine rings is 1. The Balaban J connectivity index is 1.29. The van der Waals surface area contributed by atoms with Crippen LogP contribution in [0.1, 0.15) is 35.3 Å². The predicted molar refractivity (Wildman–Crippen MR) is 136 cm³/mol. The highest BCUT2D eigenvalue weighted by atomic mass is 35.5. The first-order valence-electron chi connectivity index (χ1n) is 11.8. The lowest BCUT2D eigenvalue weighted by Gasteiger charge is -2.35. The number of halogens is 1. The maximum atomic E-state index is 13.2. The fourth-order valence-corrected chi connectivity index (χ4v) is 5.39. The van der Waals surface area contributed by atoms with Gasteiger partial charge >= 0.3 is 0 Å². The van der Waals surface area contributed by atoms with Gasteiger partial charge in [0.25, 0.3) is 11.1 Å². The van der Waals surface area contributed by atoms with E-state index in [0.29, 0.717) is 44.0 Å². The van der Waals surface area contributed by atoms with E-state index >= 15 is 0 Å². The van der Waals surface area contributed by atoms with Crippen LogP contribution in [0.4, 0.5) is 5.13 Å². The van der Waals surface area contributed by atoms with Crippen molar-refractivity contribution in [2.24, 2.45) is 0 Å². The first-order chi connectivity index (χ1) is 17.5. The number of anilines is 1. The number of hydrogen-bond donors (Lipinski definition) is 1. The summed E-state index contributed by atoms with van der Waals surface area (Å²) >= 11 is 7.33. The minimum absolute atomic E-state index is 0.0349. The Bertz CT molecular complexity index is 1240. The number of pyridine rings is 2. The molecule has 0 aliphatic carbocycles. The van der Waals surface area contributed by atoms with Gasteiger partial charge in [-0.05, 0) is 56.2 Å². The van der Waals surface area contributed by atoms with Crippen molar-refractivity contribution in [3.8, 4) is 22.1 Å². The van der Waals surface area contributed by atoms with Gasteiger partial charge < -0.3 is 14.2 Å². The Kier molecular flexibility index (Phi) is 7.61. The van der Waals surface area contributed by atoms with Crippen molar-refractivity contribution >= 4 is 34.0 Å². The van der Waals surface area contributed by atoms with Gasteiger partial charge in [0.1, 0.15) is 17.0 Å². The van der Waals surface area contributed by atoms with Crippen molar-refractivity contribution in [2.45, 2.75) is 38.3 Å². The number of carbonyl (C=O) groups is 1. The van der Waals surface area contributed by atoms with Crippen LogP contribution >= 0.6 is 22.9 Å². The summed E-state index contributed by atoms with van der Waals surface area (Å²) < 4.78 is 17.1. The highest BCUT2D eigenvalue weighted by molar-refractivity contribution is 7.17. The molecule has 0 radical (unpaired) electrons. The Labute approximate surface area is 218 Å². The molecular weight excluding hydrogens is 504 g/mol. The van der Waals surface area contributed by atoms with Gasteiger partial charge in [0, 0.05) is 42.2 Å². The molecule has 0 spiro atoms. The van der Waals surface area contributed by atoms with Crippen LogP contribution in [0, 0.1) is 6.92 Å². The third kappa shape index (κ3) is 5.59. The van der Waals surface area contributed by atoms with Crippen LogP contribution in [0.2, 0.25) is 5.15 Å². The van der Waals surface area contributed by atoms with Crippen molar-refractivity contribution < 1.29 is 19.0 Å². The van der Waals surface area contributed by atoms with Gasteiger partial charge in [0.05, 0.1) is 25.5 Å². The van der Waals surface area contributed by atoms with E-state index in [1.807, 2.05) is 13.0 Å². The molecule has 0 aromatic carbocycles. The molecule has 0 bridgehead atoms. The molecule has 2 aliphatic heterocycles. The molecule has 3 aromatic rings. The maximum absolute atomic E-state index is 13.2. The molecule has 190 valence electrons. The van der Waals surface area contributed by atoms with E-state index in [1.165, 1.54) is 30.8 Å². The fraction of sp³-hybridized carbons (Fsp3) is 0.458. The highest BCUT2D eigenvalue weighted by Gasteiger charge is 2.30. The molecule has 0 unspecified atom stereocenters. The number of aryl methyl sites for hydroxylation is 1. The zero-order valence-electron chi connectivity index (χ0n) is 20.1. The van der Waals surface area contributed by atoms with E-state index in [4.69, 9.17) is 25.8 Å². The van der Waals surface area contributed by atoms with Crippen molar-refractivity contribution in [2.75, 3.05) is 38.7 Å². The topological polar surface area (TPSA) is 112 Å². The third-order valence-electron chi connectivity index (χ3n) is 6.36. The minimum atomic E-state index is -0.375. The van der Waals surface area contributed by atoms with Crippen LogP contribution in [0.15, 0.2) is 24.5 Å². The van der Waals surface area contributed by atoms with Crippen LogP contribution < -0.4 is 14.8 Å². The molecule has 2 fully saturated rings. The first-order valence-corrected chi connectivity index (χ1v) is 13.0. The molecule has 12 heteroatoms.